The monoisotopic (exact) mass is 1150 g/mol. The van der Waals surface area contributed by atoms with Gasteiger partial charge in [0, 0.05) is 71.9 Å². The van der Waals surface area contributed by atoms with Crippen LogP contribution in [0.5, 0.6) is 11.5 Å². The molecule has 3 heterocycles. The topological polar surface area (TPSA) is 33.5 Å². The minimum absolute atomic E-state index is 0. The average molecular weight is 1150 g/mol. The minimum Gasteiger partial charge on any atom is -0.509 e. The number of fused-ring (bicyclic) bond motifs is 3. The minimum atomic E-state index is -0.226. The molecule has 0 N–H and O–H groups in total. The second-order valence-corrected chi connectivity index (χ2v) is 24.0. The molecule has 0 fully saturated rings. The molecular weight excluding hydrogens is 1080 g/mol. The fraction of sp³-hybridized carbons (Fsp3) is 0.265. The van der Waals surface area contributed by atoms with Crippen LogP contribution in [0.15, 0.2) is 182 Å². The van der Waals surface area contributed by atoms with Crippen LogP contribution in [0.25, 0.3) is 38.8 Å². The molecule has 380 valence electrons. The van der Waals surface area contributed by atoms with Gasteiger partial charge in [0.1, 0.15) is 5.82 Å². The van der Waals surface area contributed by atoms with Gasteiger partial charge in [-0.1, -0.05) is 205 Å². The quantitative estimate of drug-likeness (QED) is 0.128. The van der Waals surface area contributed by atoms with Crippen molar-refractivity contribution in [1.29, 1.82) is 0 Å². The maximum Gasteiger partial charge on any atom is 0.135 e. The van der Waals surface area contributed by atoms with E-state index >= 15 is 0 Å². The third-order valence-corrected chi connectivity index (χ3v) is 15.0. The second-order valence-electron chi connectivity index (χ2n) is 24.0. The summed E-state index contributed by atoms with van der Waals surface area (Å²) in [6.07, 6.45) is 4.19. The molecule has 0 atom stereocenters. The van der Waals surface area contributed by atoms with E-state index < -0.39 is 0 Å². The van der Waals surface area contributed by atoms with Crippen LogP contribution in [0.4, 0.5) is 11.4 Å². The van der Waals surface area contributed by atoms with Crippen molar-refractivity contribution in [2.45, 2.75) is 112 Å². The van der Waals surface area contributed by atoms with Crippen LogP contribution in [0.1, 0.15) is 123 Å². The maximum atomic E-state index is 6.98. The summed E-state index contributed by atoms with van der Waals surface area (Å²) in [5.74, 6) is 2.02. The van der Waals surface area contributed by atoms with Crippen molar-refractivity contribution in [2.75, 3.05) is 9.80 Å². The van der Waals surface area contributed by atoms with Crippen LogP contribution >= 0.6 is 0 Å². The van der Waals surface area contributed by atoms with Gasteiger partial charge in [-0.25, -0.2) is 4.98 Å². The first-order valence-electron chi connectivity index (χ1n) is 25.8. The first-order valence-corrected chi connectivity index (χ1v) is 25.8. The Labute approximate surface area is 455 Å². The van der Waals surface area contributed by atoms with Crippen molar-refractivity contribution >= 4 is 33.2 Å². The Morgan fingerprint density at radius 2 is 1.08 bits per heavy atom. The fourth-order valence-corrected chi connectivity index (χ4v) is 10.1. The fourth-order valence-electron chi connectivity index (χ4n) is 10.1. The molecule has 0 radical (unpaired) electrons. The van der Waals surface area contributed by atoms with E-state index in [4.69, 9.17) is 9.72 Å². The van der Waals surface area contributed by atoms with Crippen molar-refractivity contribution in [3.05, 3.63) is 234 Å². The van der Waals surface area contributed by atoms with E-state index in [0.717, 1.165) is 50.1 Å². The number of pyridine rings is 1. The molecule has 10 rings (SSSR count). The Hall–Kier alpha value is -6.68. The van der Waals surface area contributed by atoms with Gasteiger partial charge < -0.3 is 19.1 Å². The Balaban J connectivity index is 0.00000672. The van der Waals surface area contributed by atoms with E-state index in [1.165, 1.54) is 39.1 Å². The third-order valence-electron chi connectivity index (χ3n) is 15.0. The van der Waals surface area contributed by atoms with Gasteiger partial charge >= 0.3 is 0 Å². The van der Waals surface area contributed by atoms with Gasteiger partial charge in [0.2, 0.25) is 0 Å². The van der Waals surface area contributed by atoms with Gasteiger partial charge in [-0.3, -0.25) is 0 Å². The van der Waals surface area contributed by atoms with Crippen LogP contribution in [0, 0.1) is 24.2 Å². The predicted molar refractivity (Wildman–Crippen MR) is 306 cm³/mol. The summed E-state index contributed by atoms with van der Waals surface area (Å²) in [4.78, 5) is 9.59. The first-order chi connectivity index (χ1) is 34.6. The molecule has 1 aliphatic heterocycles. The zero-order valence-electron chi connectivity index (χ0n) is 45.3. The van der Waals surface area contributed by atoms with Crippen LogP contribution in [0.2, 0.25) is 0 Å². The van der Waals surface area contributed by atoms with Crippen molar-refractivity contribution in [1.82, 2.24) is 9.55 Å². The third kappa shape index (κ3) is 10.1. The van der Waals surface area contributed by atoms with Gasteiger partial charge in [-0.2, -0.15) is 6.07 Å². The molecule has 2 aromatic heterocycles. The van der Waals surface area contributed by atoms with Gasteiger partial charge in [0.25, 0.3) is 0 Å². The molecule has 6 heteroatoms. The molecule has 0 saturated heterocycles. The van der Waals surface area contributed by atoms with E-state index in [1.54, 1.807) is 0 Å². The second kappa shape index (κ2) is 19.5. The Morgan fingerprint density at radius 3 is 1.70 bits per heavy atom. The zero-order chi connectivity index (χ0) is 51.7. The summed E-state index contributed by atoms with van der Waals surface area (Å²) in [7, 11) is 0. The number of benzene rings is 7. The number of ether oxygens (including phenoxy) is 1. The van der Waals surface area contributed by atoms with E-state index in [-0.39, 0.29) is 48.1 Å². The van der Waals surface area contributed by atoms with Crippen molar-refractivity contribution in [3.8, 4) is 28.4 Å². The number of aromatic nitrogens is 2. The molecule has 0 unspecified atom stereocenters. The molecular formula is C68H69N4OPt-3. The number of anilines is 2. The summed E-state index contributed by atoms with van der Waals surface area (Å²) in [6, 6.07) is 66.5. The van der Waals surface area contributed by atoms with Crippen LogP contribution in [-0.2, 0) is 42.7 Å². The molecule has 5 nitrogen and oxygen atoms in total. The molecule has 7 aromatic carbocycles. The zero-order valence-corrected chi connectivity index (χ0v) is 47.6. The normalized spacial score (nSPS) is 13.6. The summed E-state index contributed by atoms with van der Waals surface area (Å²) in [5.41, 5.74) is 14.0. The molecule has 0 aliphatic carbocycles. The Kier molecular flexibility index (Phi) is 13.8. The standard InChI is InChI=1S/C68H69N4O.Pt/c1-64(2,3)50-33-34-69-63(41-50)72-60-32-29-51(67(10,11)48-25-19-15-20-26-48)40-59(60)58-31-30-56(43-61(58)72)73-57-36-47(46-23-17-14-18-24-46)35-54(42-57)70-44-62(66(7,8)9)71(45-70)55-38-52(65(4,5)6)37-53(39-55)68(12,13)49-27-21-16-22-28-49;/h14-41,44-45H,1-13H3;/q-3;. The molecule has 1 aliphatic rings. The van der Waals surface area contributed by atoms with Gasteiger partial charge in [-0.05, 0) is 91.7 Å². The van der Waals surface area contributed by atoms with Gasteiger partial charge in [-0.15, -0.1) is 53.6 Å². The van der Waals surface area contributed by atoms with E-state index in [0.29, 0.717) is 11.5 Å². The predicted octanol–water partition coefficient (Wildman–Crippen LogP) is 17.8. The number of nitrogens with zero attached hydrogens (tertiary/aromatic N) is 4. The van der Waals surface area contributed by atoms with Gasteiger partial charge in [0.15, 0.2) is 0 Å². The van der Waals surface area contributed by atoms with E-state index in [9.17, 15) is 0 Å². The van der Waals surface area contributed by atoms with Gasteiger partial charge in [0.05, 0.1) is 0 Å². The molecule has 0 amide bonds. The summed E-state index contributed by atoms with van der Waals surface area (Å²) in [5, 5.41) is 2.22. The smallest absolute Gasteiger partial charge is 0.135 e. The van der Waals surface area contributed by atoms with Crippen LogP contribution < -0.4 is 14.5 Å². The Morgan fingerprint density at radius 1 is 0.473 bits per heavy atom. The van der Waals surface area contributed by atoms with Crippen LogP contribution in [0.3, 0.4) is 0 Å². The van der Waals surface area contributed by atoms with E-state index in [2.05, 4.69) is 287 Å². The van der Waals surface area contributed by atoms with Crippen molar-refractivity contribution in [2.24, 2.45) is 5.41 Å². The molecule has 0 bridgehead atoms. The number of hydrogen-bond donors (Lipinski definition) is 0. The largest absolute Gasteiger partial charge is 0.509 e. The number of rotatable bonds is 10. The van der Waals surface area contributed by atoms with Crippen molar-refractivity contribution in [3.63, 3.8) is 0 Å². The SMILES string of the molecule is CC(C)(C)C1=CN(c2[c-]c(Oc3[c-]c4c(cc3)c3cc(C(C)(C)c5ccccc5)ccc3n4-c3cc(C(C)(C)C)ccn3)cc(-c3ccccc3)c2)[CH-]N1c1cc(C(C)(C)C)cc(C(C)(C)c2ccccc2)c1.[Pt]. The van der Waals surface area contributed by atoms with Crippen molar-refractivity contribution < 1.29 is 25.8 Å². The molecule has 74 heavy (non-hydrogen) atoms. The first kappa shape index (κ1) is 52.2. The maximum absolute atomic E-state index is 6.98. The summed E-state index contributed by atoms with van der Waals surface area (Å²) >= 11 is 0. The van der Waals surface area contributed by atoms with E-state index in [1.807, 2.05) is 12.3 Å². The number of allylic oxidation sites excluding steroid dienone is 1. The van der Waals surface area contributed by atoms with Crippen LogP contribution in [-0.4, -0.2) is 9.55 Å². The average Bonchev–Trinajstić information content (AvgIpc) is 3.97. The summed E-state index contributed by atoms with van der Waals surface area (Å²) < 4.78 is 9.23. The molecule has 0 spiro atoms. The summed E-state index contributed by atoms with van der Waals surface area (Å²) in [6.45, 7) is 32.0. The molecule has 9 aromatic rings. The Bertz CT molecular complexity index is 3510. The number of hydrogen-bond acceptors (Lipinski definition) is 4. The molecule has 0 saturated carbocycles.